The largest absolute Gasteiger partial charge is 2.00 e. The quantitative estimate of drug-likeness (QED) is 0.0507. The van der Waals surface area contributed by atoms with Crippen molar-refractivity contribution in [2.24, 2.45) is 0 Å². The van der Waals surface area contributed by atoms with Crippen LogP contribution in [0.1, 0.15) is 0 Å². The summed E-state index contributed by atoms with van der Waals surface area (Å²) in [6.07, 6.45) is 0. The zero-order chi connectivity index (χ0) is 38.9. The van der Waals surface area contributed by atoms with Gasteiger partial charge in [-0.15, -0.1) is 0 Å². The van der Waals surface area contributed by atoms with Crippen molar-refractivity contribution in [3.05, 3.63) is 262 Å². The van der Waals surface area contributed by atoms with Crippen molar-refractivity contribution in [2.45, 2.75) is 0 Å². The molecule has 0 aromatic heterocycles. The molecule has 9 aromatic carbocycles. The maximum Gasteiger partial charge on any atom is 2.00 e. The predicted molar refractivity (Wildman–Crippen MR) is 267 cm³/mol. The van der Waals surface area contributed by atoms with Crippen LogP contribution in [0.4, 0.5) is 0 Å². The van der Waals surface area contributed by atoms with E-state index in [1.807, 2.05) is 0 Å². The van der Waals surface area contributed by atoms with Crippen molar-refractivity contribution in [2.75, 3.05) is 0 Å². The number of rotatable bonds is 12. The first-order valence-corrected chi connectivity index (χ1v) is 25.2. The van der Waals surface area contributed by atoms with Crippen LogP contribution >= 0.6 is 23.8 Å². The zero-order valence-electron chi connectivity index (χ0n) is 33.4. The molecule has 0 nitrogen and oxygen atoms in total. The van der Waals surface area contributed by atoms with E-state index in [1.54, 1.807) is 0 Å². The SMILES string of the molecule is [CH3-].[Fe+2].c1ccc(P(c2ccccc2)c2ccccc2[Si-](c2ccccc2P(c2ccccc2)c2ccccc2)c2ccccc2P(c2ccccc2)c2ccccc2)cc1. The van der Waals surface area contributed by atoms with Crippen LogP contribution in [0.25, 0.3) is 0 Å². The summed E-state index contributed by atoms with van der Waals surface area (Å²) in [6.45, 7) is 0. The molecule has 0 saturated carbocycles. The number of benzene rings is 9. The molecule has 0 radical (unpaired) electrons. The van der Waals surface area contributed by atoms with Crippen molar-refractivity contribution < 1.29 is 17.1 Å². The first kappa shape index (κ1) is 43.1. The van der Waals surface area contributed by atoms with E-state index in [4.69, 9.17) is 0 Å². The van der Waals surface area contributed by atoms with Crippen molar-refractivity contribution in [1.82, 2.24) is 0 Å². The van der Waals surface area contributed by atoms with Crippen molar-refractivity contribution in [3.63, 3.8) is 0 Å². The summed E-state index contributed by atoms with van der Waals surface area (Å²) in [6, 6.07) is 95.6. The third-order valence-electron chi connectivity index (χ3n) is 10.3. The Balaban J connectivity index is 0.00000272. The van der Waals surface area contributed by atoms with E-state index in [9.17, 15) is 0 Å². The van der Waals surface area contributed by atoms with E-state index in [0.29, 0.717) is 0 Å². The zero-order valence-corrected chi connectivity index (χ0v) is 38.2. The van der Waals surface area contributed by atoms with Gasteiger partial charge in [-0.2, -0.15) is 15.6 Å². The Bertz CT molecular complexity index is 2260. The summed E-state index contributed by atoms with van der Waals surface area (Å²) in [5.74, 6) is 0. The standard InChI is InChI=1S/C54H42P3Si.CH3.Fe/c1-7-25-43(26-8-1)55(44-27-9-2-10-28-44)49-37-19-22-40-52(49)58(53-41-23-20-38-50(53)56(45-29-11-3-12-30-45)46-31-13-4-14-32-46)54-42-24-21-39-51(54)57(47-33-15-5-16-34-47)48-35-17-6-18-36-48;;/h1-42H;1H3;/q2*-1;+2. The number of hydrogen-bond acceptors (Lipinski definition) is 0. The third-order valence-corrected chi connectivity index (χ3v) is 21.4. The monoisotopic (exact) mass is 882 g/mol. The Morgan fingerprint density at radius 1 is 0.217 bits per heavy atom. The second-order valence-electron chi connectivity index (χ2n) is 13.9. The van der Waals surface area contributed by atoms with Crippen LogP contribution in [0.2, 0.25) is 0 Å². The molecule has 0 fully saturated rings. The molecule has 0 aliphatic rings. The van der Waals surface area contributed by atoms with Crippen molar-refractivity contribution in [1.29, 1.82) is 0 Å². The van der Waals surface area contributed by atoms with E-state index < -0.39 is 32.6 Å². The first-order valence-electron chi connectivity index (χ1n) is 19.7. The fourth-order valence-electron chi connectivity index (χ4n) is 7.82. The molecule has 0 unspecified atom stereocenters. The van der Waals surface area contributed by atoms with Crippen LogP contribution in [0.5, 0.6) is 0 Å². The summed E-state index contributed by atoms with van der Waals surface area (Å²) in [7, 11) is -4.30. The van der Waals surface area contributed by atoms with E-state index >= 15 is 0 Å². The Morgan fingerprint density at radius 3 is 0.583 bits per heavy atom. The summed E-state index contributed by atoms with van der Waals surface area (Å²) in [4.78, 5) is 0. The van der Waals surface area contributed by atoms with Gasteiger partial charge in [0.05, 0.1) is 0 Å². The predicted octanol–water partition coefficient (Wildman–Crippen LogP) is 7.93. The Labute approximate surface area is 372 Å². The van der Waals surface area contributed by atoms with Gasteiger partial charge in [0, 0.05) is 0 Å². The van der Waals surface area contributed by atoms with E-state index in [2.05, 4.69) is 255 Å². The van der Waals surface area contributed by atoms with Gasteiger partial charge in [-0.3, -0.25) is 0 Å². The molecule has 0 spiro atoms. The van der Waals surface area contributed by atoms with Crippen LogP contribution in [-0.2, 0) is 17.1 Å². The molecule has 292 valence electrons. The van der Waals surface area contributed by atoms with E-state index in [1.165, 1.54) is 63.3 Å². The average molecular weight is 883 g/mol. The summed E-state index contributed by atoms with van der Waals surface area (Å²) >= 11 is 0. The normalized spacial score (nSPS) is 10.8. The van der Waals surface area contributed by atoms with E-state index in [-0.39, 0.29) is 24.5 Å². The summed E-state index contributed by atoms with van der Waals surface area (Å²) < 4.78 is 0. The van der Waals surface area contributed by atoms with Gasteiger partial charge in [0.1, 0.15) is 0 Å². The molecule has 0 bridgehead atoms. The third kappa shape index (κ3) is 9.32. The molecule has 0 atom stereocenters. The topological polar surface area (TPSA) is 0 Å². The minimum atomic E-state index is -1.69. The van der Waals surface area contributed by atoms with Crippen LogP contribution in [0.3, 0.4) is 0 Å². The molecule has 0 amide bonds. The molecule has 9 aromatic rings. The summed E-state index contributed by atoms with van der Waals surface area (Å²) in [5.41, 5.74) is 0. The molecule has 0 saturated heterocycles. The second-order valence-corrected chi connectivity index (χ2v) is 22.9. The first-order chi connectivity index (χ1) is 28.8. The fourth-order valence-corrected chi connectivity index (χ4v) is 19.5. The molecular weight excluding hydrogens is 837 g/mol. The van der Waals surface area contributed by atoms with Gasteiger partial charge >= 0.3 is 17.1 Å². The maximum atomic E-state index is 2.47. The van der Waals surface area contributed by atoms with Crippen LogP contribution in [0, 0.1) is 7.43 Å². The molecular formula is C55H45FeP3Si. The average Bonchev–Trinajstić information content (AvgIpc) is 3.30. The van der Waals surface area contributed by atoms with Gasteiger partial charge in [0.25, 0.3) is 0 Å². The minimum absolute atomic E-state index is 0. The van der Waals surface area contributed by atoms with Crippen LogP contribution in [-0.4, -0.2) is 8.80 Å². The molecule has 0 aliphatic carbocycles. The Kier molecular flexibility index (Phi) is 15.1. The van der Waals surface area contributed by atoms with Gasteiger partial charge in [-0.1, -0.05) is 255 Å². The van der Waals surface area contributed by atoms with Crippen LogP contribution in [0.15, 0.2) is 255 Å². The van der Waals surface area contributed by atoms with E-state index in [0.717, 1.165) is 0 Å². The molecule has 0 aliphatic heterocycles. The molecule has 0 heterocycles. The molecule has 0 N–H and O–H groups in total. The minimum Gasteiger partial charge on any atom is -0.358 e. The van der Waals surface area contributed by atoms with Gasteiger partial charge < -0.3 is 7.43 Å². The Hall–Kier alpha value is -4.99. The second kappa shape index (κ2) is 21.0. The van der Waals surface area contributed by atoms with Crippen molar-refractivity contribution >= 4 is 95.9 Å². The number of hydrogen-bond donors (Lipinski definition) is 0. The van der Waals surface area contributed by atoms with Gasteiger partial charge in [-0.05, 0) is 71.5 Å². The smallest absolute Gasteiger partial charge is 0.358 e. The Morgan fingerprint density at radius 2 is 0.383 bits per heavy atom. The molecule has 60 heavy (non-hydrogen) atoms. The maximum absolute atomic E-state index is 2.47. The van der Waals surface area contributed by atoms with Gasteiger partial charge in [0.15, 0.2) is 0 Å². The fraction of sp³-hybridized carbons (Fsp3) is 0. The van der Waals surface area contributed by atoms with Gasteiger partial charge in [-0.25, -0.2) is 8.80 Å². The summed E-state index contributed by atoms with van der Waals surface area (Å²) in [5, 5.41) is 16.9. The van der Waals surface area contributed by atoms with Crippen molar-refractivity contribution in [3.8, 4) is 0 Å². The van der Waals surface area contributed by atoms with Crippen LogP contribution < -0.4 is 63.3 Å². The molecule has 5 heteroatoms. The van der Waals surface area contributed by atoms with Gasteiger partial charge in [0.2, 0.25) is 0 Å². The molecule has 9 rings (SSSR count).